The van der Waals surface area contributed by atoms with Crippen LogP contribution in [0.4, 0.5) is 5.69 Å². The topological polar surface area (TPSA) is 52.6 Å². The molecule has 0 bridgehead atoms. The Morgan fingerprint density at radius 1 is 1.30 bits per heavy atom. The number of likely N-dealkylation sites (tertiary alicyclic amines) is 1. The number of anilines is 1. The Kier molecular flexibility index (Phi) is 4.65. The van der Waals surface area contributed by atoms with Gasteiger partial charge in [-0.2, -0.15) is 0 Å². The van der Waals surface area contributed by atoms with Crippen molar-refractivity contribution in [2.75, 3.05) is 25.0 Å². The average molecular weight is 276 g/mol. The lowest BCUT2D eigenvalue weighted by atomic mass is 9.88. The van der Waals surface area contributed by atoms with Crippen molar-refractivity contribution in [2.24, 2.45) is 0 Å². The second-order valence-electron chi connectivity index (χ2n) is 5.61. The van der Waals surface area contributed by atoms with E-state index in [-0.39, 0.29) is 5.91 Å². The minimum Gasteiger partial charge on any atom is -0.386 e. The lowest BCUT2D eigenvalue weighted by Gasteiger charge is -2.46. The van der Waals surface area contributed by atoms with Gasteiger partial charge in [0.25, 0.3) is 5.91 Å². The predicted octanol–water partition coefficient (Wildman–Crippen LogP) is 2.50. The van der Waals surface area contributed by atoms with Gasteiger partial charge in [-0.05, 0) is 25.0 Å². The van der Waals surface area contributed by atoms with E-state index in [1.165, 1.54) is 0 Å². The summed E-state index contributed by atoms with van der Waals surface area (Å²) in [7, 11) is 0. The molecule has 1 saturated heterocycles. The summed E-state index contributed by atoms with van der Waals surface area (Å²) in [4.78, 5) is 14.2. The quantitative estimate of drug-likeness (QED) is 0.839. The first-order valence-corrected chi connectivity index (χ1v) is 7.44. The highest BCUT2D eigenvalue weighted by Crippen LogP contribution is 2.28. The number of rotatable bonds is 6. The molecule has 4 nitrogen and oxygen atoms in total. The maximum Gasteiger partial charge on any atom is 0.256 e. The highest BCUT2D eigenvalue weighted by molar-refractivity contribution is 6.00. The lowest BCUT2D eigenvalue weighted by molar-refractivity contribution is -0.0859. The molecule has 0 saturated carbocycles. The standard InChI is InChI=1S/C16H24N2O2/c1-3-9-16(20)11-18(12-16)15(19)13-7-5-6-8-14(13)17-10-4-2/h5-8,17,20H,3-4,9-12H2,1-2H3. The number of hydrogen-bond donors (Lipinski definition) is 2. The summed E-state index contributed by atoms with van der Waals surface area (Å²) in [5.74, 6) is 0.00461. The number of benzene rings is 1. The van der Waals surface area contributed by atoms with Gasteiger partial charge in [-0.1, -0.05) is 32.4 Å². The minimum atomic E-state index is -0.670. The van der Waals surface area contributed by atoms with E-state index >= 15 is 0 Å². The maximum absolute atomic E-state index is 12.5. The van der Waals surface area contributed by atoms with Crippen LogP contribution in [0, 0.1) is 0 Å². The number of carbonyl (C=O) groups is 1. The van der Waals surface area contributed by atoms with E-state index in [4.69, 9.17) is 0 Å². The van der Waals surface area contributed by atoms with E-state index in [2.05, 4.69) is 12.2 Å². The fourth-order valence-electron chi connectivity index (χ4n) is 2.69. The van der Waals surface area contributed by atoms with Crippen LogP contribution in [0.5, 0.6) is 0 Å². The Morgan fingerprint density at radius 2 is 2.00 bits per heavy atom. The first kappa shape index (κ1) is 14.9. The molecule has 0 radical (unpaired) electrons. The van der Waals surface area contributed by atoms with Crippen LogP contribution in [-0.2, 0) is 0 Å². The molecule has 0 atom stereocenters. The number of para-hydroxylation sites is 1. The summed E-state index contributed by atoms with van der Waals surface area (Å²) in [5.41, 5.74) is 0.903. The van der Waals surface area contributed by atoms with E-state index in [0.717, 1.165) is 31.5 Å². The van der Waals surface area contributed by atoms with Crippen molar-refractivity contribution in [3.8, 4) is 0 Å². The number of carbonyl (C=O) groups excluding carboxylic acids is 1. The predicted molar refractivity (Wildman–Crippen MR) is 81.0 cm³/mol. The first-order chi connectivity index (χ1) is 9.59. The molecule has 0 aromatic heterocycles. The normalized spacial score (nSPS) is 16.6. The Bertz CT molecular complexity index is 467. The monoisotopic (exact) mass is 276 g/mol. The minimum absolute atomic E-state index is 0.00461. The van der Waals surface area contributed by atoms with Crippen LogP contribution < -0.4 is 5.32 Å². The molecule has 20 heavy (non-hydrogen) atoms. The van der Waals surface area contributed by atoms with Crippen LogP contribution in [0.1, 0.15) is 43.5 Å². The summed E-state index contributed by atoms with van der Waals surface area (Å²) in [6.45, 7) is 5.89. The van der Waals surface area contributed by atoms with Crippen LogP contribution in [-0.4, -0.2) is 41.1 Å². The number of nitrogens with zero attached hydrogens (tertiary/aromatic N) is 1. The van der Waals surface area contributed by atoms with Crippen molar-refractivity contribution in [1.29, 1.82) is 0 Å². The van der Waals surface area contributed by atoms with Gasteiger partial charge >= 0.3 is 0 Å². The lowest BCUT2D eigenvalue weighted by Crippen LogP contribution is -2.63. The third-order valence-electron chi connectivity index (χ3n) is 3.70. The third kappa shape index (κ3) is 3.12. The Balaban J connectivity index is 2.04. The Hall–Kier alpha value is -1.55. The summed E-state index contributed by atoms with van der Waals surface area (Å²) in [5, 5.41) is 13.5. The smallest absolute Gasteiger partial charge is 0.256 e. The van der Waals surface area contributed by atoms with Gasteiger partial charge in [0.2, 0.25) is 0 Å². The van der Waals surface area contributed by atoms with Crippen LogP contribution in [0.2, 0.25) is 0 Å². The van der Waals surface area contributed by atoms with Gasteiger partial charge in [0.15, 0.2) is 0 Å². The summed E-state index contributed by atoms with van der Waals surface area (Å²) < 4.78 is 0. The molecule has 1 fully saturated rings. The second-order valence-corrected chi connectivity index (χ2v) is 5.61. The Morgan fingerprint density at radius 3 is 2.65 bits per heavy atom. The third-order valence-corrected chi connectivity index (χ3v) is 3.70. The van der Waals surface area contributed by atoms with Crippen molar-refractivity contribution >= 4 is 11.6 Å². The molecule has 1 aliphatic heterocycles. The zero-order valence-corrected chi connectivity index (χ0v) is 12.4. The molecule has 0 unspecified atom stereocenters. The number of amides is 1. The van der Waals surface area contributed by atoms with E-state index < -0.39 is 5.60 Å². The number of hydrogen-bond acceptors (Lipinski definition) is 3. The molecule has 0 spiro atoms. The maximum atomic E-state index is 12.5. The molecule has 0 aliphatic carbocycles. The molecule has 1 amide bonds. The van der Waals surface area contributed by atoms with Gasteiger partial charge in [-0.3, -0.25) is 4.79 Å². The highest BCUT2D eigenvalue weighted by atomic mass is 16.3. The zero-order chi connectivity index (χ0) is 14.6. The van der Waals surface area contributed by atoms with E-state index in [1.807, 2.05) is 31.2 Å². The highest BCUT2D eigenvalue weighted by Gasteiger charge is 2.43. The molecule has 2 N–H and O–H groups in total. The second kappa shape index (κ2) is 6.27. The summed E-state index contributed by atoms with van der Waals surface area (Å²) in [6.07, 6.45) is 2.71. The molecular weight excluding hydrogens is 252 g/mol. The van der Waals surface area contributed by atoms with Crippen LogP contribution in [0.3, 0.4) is 0 Å². The summed E-state index contributed by atoms with van der Waals surface area (Å²) >= 11 is 0. The van der Waals surface area contributed by atoms with Crippen molar-refractivity contribution in [3.63, 3.8) is 0 Å². The van der Waals surface area contributed by atoms with Gasteiger partial charge in [0.1, 0.15) is 0 Å². The van der Waals surface area contributed by atoms with Crippen LogP contribution in [0.25, 0.3) is 0 Å². The summed E-state index contributed by atoms with van der Waals surface area (Å²) in [6, 6.07) is 7.58. The molecule has 110 valence electrons. The van der Waals surface area contributed by atoms with Crippen molar-refractivity contribution in [1.82, 2.24) is 4.90 Å². The van der Waals surface area contributed by atoms with E-state index in [1.54, 1.807) is 4.90 Å². The zero-order valence-electron chi connectivity index (χ0n) is 12.4. The van der Waals surface area contributed by atoms with Crippen molar-refractivity contribution in [3.05, 3.63) is 29.8 Å². The fraction of sp³-hybridized carbons (Fsp3) is 0.562. The van der Waals surface area contributed by atoms with Gasteiger partial charge in [-0.25, -0.2) is 0 Å². The molecule has 1 heterocycles. The first-order valence-electron chi connectivity index (χ1n) is 7.44. The van der Waals surface area contributed by atoms with Crippen LogP contribution in [0.15, 0.2) is 24.3 Å². The average Bonchev–Trinajstić information content (AvgIpc) is 2.42. The number of aliphatic hydroxyl groups is 1. The molecule has 1 aliphatic rings. The van der Waals surface area contributed by atoms with Crippen molar-refractivity contribution < 1.29 is 9.90 Å². The number of nitrogens with one attached hydrogen (secondary N) is 1. The SMILES string of the molecule is CCCNc1ccccc1C(=O)N1CC(O)(CCC)C1. The largest absolute Gasteiger partial charge is 0.386 e. The van der Waals surface area contributed by atoms with Crippen molar-refractivity contribution in [2.45, 2.75) is 38.7 Å². The van der Waals surface area contributed by atoms with Gasteiger partial charge < -0.3 is 15.3 Å². The van der Waals surface area contributed by atoms with Gasteiger partial charge in [0.05, 0.1) is 24.3 Å². The molecular formula is C16H24N2O2. The molecule has 1 aromatic carbocycles. The van der Waals surface area contributed by atoms with Crippen LogP contribution >= 0.6 is 0 Å². The van der Waals surface area contributed by atoms with Gasteiger partial charge in [-0.15, -0.1) is 0 Å². The van der Waals surface area contributed by atoms with Gasteiger partial charge in [0, 0.05) is 12.2 Å². The fourth-order valence-corrected chi connectivity index (χ4v) is 2.69. The van der Waals surface area contributed by atoms with E-state index in [0.29, 0.717) is 18.7 Å². The molecule has 4 heteroatoms. The molecule has 2 rings (SSSR count). The number of β-amino-alcohol motifs (C(OH)–C–C–N with tert-alkyl or cyclic N) is 1. The van der Waals surface area contributed by atoms with E-state index in [9.17, 15) is 9.90 Å². The molecule has 1 aromatic rings. The Labute approximate surface area is 120 Å².